The molecule has 0 unspecified atom stereocenters. The Morgan fingerprint density at radius 2 is 2.00 bits per heavy atom. The van der Waals surface area contributed by atoms with Gasteiger partial charge in [-0.15, -0.1) is 5.10 Å². The molecule has 3 rings (SSSR count). The highest BCUT2D eigenvalue weighted by Crippen LogP contribution is 2.27. The van der Waals surface area contributed by atoms with Gasteiger partial charge in [0.1, 0.15) is 12.4 Å². The van der Waals surface area contributed by atoms with Crippen molar-refractivity contribution in [1.82, 2.24) is 15.2 Å². The molecule has 2 N–H and O–H groups in total. The van der Waals surface area contributed by atoms with E-state index in [9.17, 15) is 4.79 Å². The van der Waals surface area contributed by atoms with Crippen LogP contribution in [0.25, 0.3) is 0 Å². The Labute approximate surface area is 179 Å². The van der Waals surface area contributed by atoms with Crippen molar-refractivity contribution in [2.75, 3.05) is 11.1 Å². The van der Waals surface area contributed by atoms with E-state index in [-0.39, 0.29) is 18.3 Å². The molecule has 1 heterocycles. The number of amides is 1. The first-order chi connectivity index (χ1) is 13.9. The van der Waals surface area contributed by atoms with Crippen molar-refractivity contribution in [1.29, 1.82) is 0 Å². The molecule has 29 heavy (non-hydrogen) atoms. The molecule has 2 aromatic carbocycles. The summed E-state index contributed by atoms with van der Waals surface area (Å²) in [5, 5.41) is 11.1. The van der Waals surface area contributed by atoms with Crippen LogP contribution < -0.4 is 10.1 Å². The highest BCUT2D eigenvalue weighted by Gasteiger charge is 2.13. The zero-order chi connectivity index (χ0) is 20.8. The maximum absolute atomic E-state index is 12.4. The molecule has 0 atom stereocenters. The first-order valence-corrected chi connectivity index (χ1v) is 10.6. The summed E-state index contributed by atoms with van der Waals surface area (Å²) in [6.07, 6.45) is 0. The van der Waals surface area contributed by atoms with E-state index in [0.717, 1.165) is 16.8 Å². The lowest BCUT2D eigenvalue weighted by molar-refractivity contribution is -0.113. The number of ether oxygens (including phenoxy) is 1. The van der Waals surface area contributed by atoms with Crippen LogP contribution in [0.2, 0.25) is 5.02 Å². The molecule has 1 amide bonds. The Hall–Kier alpha value is -2.51. The molecular weight excluding hydrogens is 408 g/mol. The van der Waals surface area contributed by atoms with Crippen LogP contribution in [0.3, 0.4) is 0 Å². The molecule has 0 saturated carbocycles. The first-order valence-electron chi connectivity index (χ1n) is 9.24. The summed E-state index contributed by atoms with van der Waals surface area (Å²) >= 11 is 7.13. The number of aromatic amines is 1. The maximum atomic E-state index is 12.4. The van der Waals surface area contributed by atoms with Crippen LogP contribution in [-0.4, -0.2) is 26.8 Å². The van der Waals surface area contributed by atoms with Crippen molar-refractivity contribution in [3.05, 3.63) is 64.4 Å². The van der Waals surface area contributed by atoms with E-state index >= 15 is 0 Å². The van der Waals surface area contributed by atoms with Gasteiger partial charge in [-0.05, 0) is 48.2 Å². The standard InChI is InChI=1S/C21H23ClN4O2S/c1-13(2)17-6-4-5-14(3)20(17)24-19(27)12-29-21-23-18(25-26-21)11-28-16-9-7-15(22)8-10-16/h4-10,13H,11-12H2,1-3H3,(H,24,27)(H,23,25,26). The number of anilines is 1. The second kappa shape index (κ2) is 9.80. The van der Waals surface area contributed by atoms with Gasteiger partial charge in [-0.1, -0.05) is 55.4 Å². The van der Waals surface area contributed by atoms with Crippen LogP contribution in [-0.2, 0) is 11.4 Å². The van der Waals surface area contributed by atoms with Crippen molar-refractivity contribution < 1.29 is 9.53 Å². The summed E-state index contributed by atoms with van der Waals surface area (Å²) in [7, 11) is 0. The molecule has 0 radical (unpaired) electrons. The summed E-state index contributed by atoms with van der Waals surface area (Å²) in [5.41, 5.74) is 3.07. The van der Waals surface area contributed by atoms with E-state index in [0.29, 0.717) is 27.7 Å². The summed E-state index contributed by atoms with van der Waals surface area (Å²) in [6.45, 7) is 6.47. The fourth-order valence-electron chi connectivity index (χ4n) is 2.74. The largest absolute Gasteiger partial charge is 0.486 e. The highest BCUT2D eigenvalue weighted by molar-refractivity contribution is 7.99. The fourth-order valence-corrected chi connectivity index (χ4v) is 3.48. The van der Waals surface area contributed by atoms with Gasteiger partial charge in [0, 0.05) is 10.7 Å². The minimum Gasteiger partial charge on any atom is -0.486 e. The number of carbonyl (C=O) groups excluding carboxylic acids is 1. The topological polar surface area (TPSA) is 79.9 Å². The van der Waals surface area contributed by atoms with Gasteiger partial charge in [0.15, 0.2) is 5.82 Å². The Morgan fingerprint density at radius 1 is 1.24 bits per heavy atom. The van der Waals surface area contributed by atoms with E-state index in [4.69, 9.17) is 16.3 Å². The second-order valence-corrected chi connectivity index (χ2v) is 8.22. The molecule has 1 aromatic heterocycles. The molecule has 6 nitrogen and oxygen atoms in total. The number of nitrogens with one attached hydrogen (secondary N) is 2. The lowest BCUT2D eigenvalue weighted by Crippen LogP contribution is -2.16. The van der Waals surface area contributed by atoms with Crippen LogP contribution in [0, 0.1) is 6.92 Å². The average Bonchev–Trinajstić information content (AvgIpc) is 3.15. The lowest BCUT2D eigenvalue weighted by Gasteiger charge is -2.16. The fraction of sp³-hybridized carbons (Fsp3) is 0.286. The van der Waals surface area contributed by atoms with Crippen molar-refractivity contribution >= 4 is 35.0 Å². The number of para-hydroxylation sites is 1. The second-order valence-electron chi connectivity index (χ2n) is 6.84. The molecular formula is C21H23ClN4O2S. The van der Waals surface area contributed by atoms with Gasteiger partial charge in [0.25, 0.3) is 0 Å². The summed E-state index contributed by atoms with van der Waals surface area (Å²) in [4.78, 5) is 16.8. The molecule has 3 aromatic rings. The maximum Gasteiger partial charge on any atom is 0.234 e. The van der Waals surface area contributed by atoms with Crippen LogP contribution >= 0.6 is 23.4 Å². The summed E-state index contributed by atoms with van der Waals surface area (Å²) < 4.78 is 5.63. The molecule has 0 saturated heterocycles. The molecule has 0 fully saturated rings. The highest BCUT2D eigenvalue weighted by atomic mass is 35.5. The molecule has 0 aliphatic carbocycles. The van der Waals surface area contributed by atoms with Gasteiger partial charge in [0.2, 0.25) is 11.1 Å². The van der Waals surface area contributed by atoms with Gasteiger partial charge in [-0.3, -0.25) is 9.89 Å². The number of nitrogens with zero attached hydrogens (tertiary/aromatic N) is 2. The van der Waals surface area contributed by atoms with Crippen LogP contribution in [0.15, 0.2) is 47.6 Å². The average molecular weight is 431 g/mol. The predicted octanol–water partition coefficient (Wildman–Crippen LogP) is 5.20. The number of rotatable bonds is 8. The molecule has 0 aliphatic heterocycles. The number of halogens is 1. The Morgan fingerprint density at radius 3 is 2.72 bits per heavy atom. The van der Waals surface area contributed by atoms with E-state index in [1.807, 2.05) is 25.1 Å². The molecule has 0 bridgehead atoms. The van der Waals surface area contributed by atoms with Crippen LogP contribution in [0.1, 0.15) is 36.7 Å². The molecule has 8 heteroatoms. The van der Waals surface area contributed by atoms with Gasteiger partial charge in [-0.2, -0.15) is 0 Å². The van der Waals surface area contributed by atoms with Crippen molar-refractivity contribution in [2.45, 2.75) is 38.5 Å². The smallest absolute Gasteiger partial charge is 0.234 e. The number of aromatic nitrogens is 3. The van der Waals surface area contributed by atoms with E-state index in [1.165, 1.54) is 11.8 Å². The first kappa shape index (κ1) is 21.2. The quantitative estimate of drug-likeness (QED) is 0.480. The predicted molar refractivity (Wildman–Crippen MR) is 117 cm³/mol. The van der Waals surface area contributed by atoms with E-state index in [1.54, 1.807) is 24.3 Å². The lowest BCUT2D eigenvalue weighted by atomic mass is 9.98. The Balaban J connectivity index is 1.52. The minimum atomic E-state index is -0.0880. The number of hydrogen-bond acceptors (Lipinski definition) is 5. The van der Waals surface area contributed by atoms with Crippen molar-refractivity contribution in [2.24, 2.45) is 0 Å². The molecule has 0 spiro atoms. The zero-order valence-electron chi connectivity index (χ0n) is 16.5. The van der Waals surface area contributed by atoms with Crippen LogP contribution in [0.5, 0.6) is 5.75 Å². The number of hydrogen-bond donors (Lipinski definition) is 2. The van der Waals surface area contributed by atoms with Crippen LogP contribution in [0.4, 0.5) is 5.69 Å². The third-order valence-electron chi connectivity index (χ3n) is 4.22. The normalized spacial score (nSPS) is 10.9. The minimum absolute atomic E-state index is 0.0880. The SMILES string of the molecule is Cc1cccc(C(C)C)c1NC(=O)CSc1n[nH]c(COc2ccc(Cl)cc2)n1. The molecule has 0 aliphatic rings. The zero-order valence-corrected chi connectivity index (χ0v) is 18.1. The van der Waals surface area contributed by atoms with E-state index < -0.39 is 0 Å². The monoisotopic (exact) mass is 430 g/mol. The number of carbonyl (C=O) groups is 1. The van der Waals surface area contributed by atoms with Gasteiger partial charge < -0.3 is 10.1 Å². The third kappa shape index (κ3) is 5.98. The number of benzene rings is 2. The third-order valence-corrected chi connectivity index (χ3v) is 5.32. The van der Waals surface area contributed by atoms with Crippen molar-refractivity contribution in [3.8, 4) is 5.75 Å². The number of thioether (sulfide) groups is 1. The van der Waals surface area contributed by atoms with Crippen molar-refractivity contribution in [3.63, 3.8) is 0 Å². The Kier molecular flexibility index (Phi) is 7.17. The summed E-state index contributed by atoms with van der Waals surface area (Å²) in [5.74, 6) is 1.74. The number of aryl methyl sites for hydroxylation is 1. The van der Waals surface area contributed by atoms with Gasteiger partial charge in [0.05, 0.1) is 5.75 Å². The van der Waals surface area contributed by atoms with E-state index in [2.05, 4.69) is 34.3 Å². The summed E-state index contributed by atoms with van der Waals surface area (Å²) in [6, 6.07) is 13.1. The van der Waals surface area contributed by atoms with Gasteiger partial charge in [-0.25, -0.2) is 4.98 Å². The molecule has 152 valence electrons. The Bertz CT molecular complexity index is 973. The van der Waals surface area contributed by atoms with Gasteiger partial charge >= 0.3 is 0 Å². The number of H-pyrrole nitrogens is 1.